The van der Waals surface area contributed by atoms with Crippen molar-refractivity contribution in [3.63, 3.8) is 0 Å². The zero-order valence-corrected chi connectivity index (χ0v) is 6.72. The molecule has 0 spiro atoms. The minimum Gasteiger partial charge on any atom is -0.309 e. The SMILES string of the molecule is CC[N]CCCN(C)C. The number of nitrogens with zero attached hydrogens (tertiary/aromatic N) is 2. The molecule has 55 valence electrons. The van der Waals surface area contributed by atoms with Crippen molar-refractivity contribution in [2.75, 3.05) is 33.7 Å². The van der Waals surface area contributed by atoms with Crippen molar-refractivity contribution >= 4 is 0 Å². The fourth-order valence-corrected chi connectivity index (χ4v) is 0.657. The molecule has 0 rings (SSSR count). The number of rotatable bonds is 5. The molecule has 0 saturated heterocycles. The van der Waals surface area contributed by atoms with Gasteiger partial charge in [0, 0.05) is 13.1 Å². The van der Waals surface area contributed by atoms with Crippen LogP contribution in [0.5, 0.6) is 0 Å². The highest BCUT2D eigenvalue weighted by Gasteiger charge is 1.88. The first-order valence-electron chi connectivity index (χ1n) is 3.55. The van der Waals surface area contributed by atoms with Crippen LogP contribution in [-0.2, 0) is 0 Å². The average molecular weight is 129 g/mol. The highest BCUT2D eigenvalue weighted by Crippen LogP contribution is 1.80. The summed E-state index contributed by atoms with van der Waals surface area (Å²) in [5.41, 5.74) is 0. The Balaban J connectivity index is 2.75. The second-order valence-corrected chi connectivity index (χ2v) is 2.42. The molecule has 0 fully saturated rings. The highest BCUT2D eigenvalue weighted by molar-refractivity contribution is 4.46. The number of hydrogen-bond donors (Lipinski definition) is 0. The van der Waals surface area contributed by atoms with Crippen LogP contribution < -0.4 is 5.32 Å². The molecule has 9 heavy (non-hydrogen) atoms. The zero-order valence-electron chi connectivity index (χ0n) is 6.72. The molecule has 0 aliphatic carbocycles. The molecule has 1 radical (unpaired) electrons. The van der Waals surface area contributed by atoms with E-state index in [1.54, 1.807) is 0 Å². The quantitative estimate of drug-likeness (QED) is 0.496. The lowest BCUT2D eigenvalue weighted by Crippen LogP contribution is -2.17. The molecule has 0 bridgehead atoms. The molecular weight excluding hydrogens is 112 g/mol. The van der Waals surface area contributed by atoms with E-state index in [-0.39, 0.29) is 0 Å². The average Bonchev–Trinajstić information content (AvgIpc) is 1.80. The zero-order chi connectivity index (χ0) is 7.11. The minimum absolute atomic E-state index is 0.966. The van der Waals surface area contributed by atoms with Crippen LogP contribution in [0.4, 0.5) is 0 Å². The molecule has 0 amide bonds. The first kappa shape index (κ1) is 8.92. The number of hydrogen-bond acceptors (Lipinski definition) is 1. The van der Waals surface area contributed by atoms with Gasteiger partial charge in [-0.25, -0.2) is 5.32 Å². The second kappa shape index (κ2) is 6.05. The second-order valence-electron chi connectivity index (χ2n) is 2.42. The van der Waals surface area contributed by atoms with Gasteiger partial charge in [-0.05, 0) is 27.1 Å². The van der Waals surface area contributed by atoms with Crippen molar-refractivity contribution in [3.8, 4) is 0 Å². The van der Waals surface area contributed by atoms with E-state index in [0.29, 0.717) is 0 Å². The topological polar surface area (TPSA) is 17.3 Å². The third-order valence-corrected chi connectivity index (χ3v) is 1.15. The van der Waals surface area contributed by atoms with E-state index >= 15 is 0 Å². The summed E-state index contributed by atoms with van der Waals surface area (Å²) in [7, 11) is 4.18. The van der Waals surface area contributed by atoms with Crippen LogP contribution in [0.2, 0.25) is 0 Å². The molecule has 2 heteroatoms. The first-order chi connectivity index (χ1) is 4.27. The van der Waals surface area contributed by atoms with E-state index in [9.17, 15) is 0 Å². The Morgan fingerprint density at radius 1 is 1.33 bits per heavy atom. The molecule has 0 aromatic carbocycles. The monoisotopic (exact) mass is 129 g/mol. The molecule has 0 heterocycles. The van der Waals surface area contributed by atoms with Crippen molar-refractivity contribution in [3.05, 3.63) is 0 Å². The lowest BCUT2D eigenvalue weighted by atomic mass is 10.4. The summed E-state index contributed by atoms with van der Waals surface area (Å²) >= 11 is 0. The van der Waals surface area contributed by atoms with E-state index in [0.717, 1.165) is 19.6 Å². The first-order valence-corrected chi connectivity index (χ1v) is 3.55. The van der Waals surface area contributed by atoms with Gasteiger partial charge in [0.2, 0.25) is 0 Å². The van der Waals surface area contributed by atoms with Gasteiger partial charge in [-0.15, -0.1) is 0 Å². The van der Waals surface area contributed by atoms with Crippen molar-refractivity contribution in [1.82, 2.24) is 10.2 Å². The summed E-state index contributed by atoms with van der Waals surface area (Å²) in [6.07, 6.45) is 1.20. The third-order valence-electron chi connectivity index (χ3n) is 1.15. The highest BCUT2D eigenvalue weighted by atomic mass is 15.0. The normalized spacial score (nSPS) is 10.7. The van der Waals surface area contributed by atoms with Gasteiger partial charge in [-0.1, -0.05) is 6.92 Å². The van der Waals surface area contributed by atoms with Crippen LogP contribution in [0.1, 0.15) is 13.3 Å². The maximum atomic E-state index is 4.22. The Morgan fingerprint density at radius 2 is 2.00 bits per heavy atom. The predicted octanol–water partition coefficient (Wildman–Crippen LogP) is 0.562. The molecule has 0 aliphatic rings. The van der Waals surface area contributed by atoms with Gasteiger partial charge in [0.05, 0.1) is 0 Å². The summed E-state index contributed by atoms with van der Waals surface area (Å²) in [5.74, 6) is 0. The van der Waals surface area contributed by atoms with Gasteiger partial charge in [0.15, 0.2) is 0 Å². The van der Waals surface area contributed by atoms with Gasteiger partial charge in [-0.3, -0.25) is 0 Å². The minimum atomic E-state index is 0.966. The molecule has 2 nitrogen and oxygen atoms in total. The van der Waals surface area contributed by atoms with Gasteiger partial charge in [-0.2, -0.15) is 0 Å². The molecule has 0 aliphatic heterocycles. The van der Waals surface area contributed by atoms with Crippen LogP contribution in [0, 0.1) is 0 Å². The van der Waals surface area contributed by atoms with Gasteiger partial charge in [0.1, 0.15) is 0 Å². The van der Waals surface area contributed by atoms with Crippen LogP contribution in [-0.4, -0.2) is 38.6 Å². The standard InChI is InChI=1S/C7H17N2/c1-4-8-6-5-7-9(2)3/h4-7H2,1-3H3. The third kappa shape index (κ3) is 7.92. The molecular formula is C7H17N2. The van der Waals surface area contributed by atoms with E-state index in [2.05, 4.69) is 31.2 Å². The van der Waals surface area contributed by atoms with Crippen molar-refractivity contribution < 1.29 is 0 Å². The van der Waals surface area contributed by atoms with E-state index in [1.165, 1.54) is 6.42 Å². The molecule has 0 unspecified atom stereocenters. The molecule has 0 N–H and O–H groups in total. The Bertz CT molecular complexity index is 52.9. The predicted molar refractivity (Wildman–Crippen MR) is 40.7 cm³/mol. The van der Waals surface area contributed by atoms with E-state index in [1.807, 2.05) is 0 Å². The van der Waals surface area contributed by atoms with Gasteiger partial charge >= 0.3 is 0 Å². The lowest BCUT2D eigenvalue weighted by Gasteiger charge is -2.07. The summed E-state index contributed by atoms with van der Waals surface area (Å²) in [4.78, 5) is 2.19. The summed E-state index contributed by atoms with van der Waals surface area (Å²) < 4.78 is 0. The largest absolute Gasteiger partial charge is 0.309 e. The van der Waals surface area contributed by atoms with E-state index < -0.39 is 0 Å². The van der Waals surface area contributed by atoms with Crippen LogP contribution in [0.3, 0.4) is 0 Å². The Labute approximate surface area is 58.2 Å². The Kier molecular flexibility index (Phi) is 5.99. The van der Waals surface area contributed by atoms with Gasteiger partial charge in [0.25, 0.3) is 0 Å². The maximum Gasteiger partial charge on any atom is 0.0145 e. The van der Waals surface area contributed by atoms with Crippen molar-refractivity contribution in [2.24, 2.45) is 0 Å². The molecule has 0 aromatic heterocycles. The smallest absolute Gasteiger partial charge is 0.0145 e. The fourth-order valence-electron chi connectivity index (χ4n) is 0.657. The van der Waals surface area contributed by atoms with Crippen molar-refractivity contribution in [1.29, 1.82) is 0 Å². The molecule has 0 saturated carbocycles. The summed E-state index contributed by atoms with van der Waals surface area (Å²) in [6.45, 7) is 5.22. The Hall–Kier alpha value is -0.0800. The fraction of sp³-hybridized carbons (Fsp3) is 1.00. The summed E-state index contributed by atoms with van der Waals surface area (Å²) in [5, 5.41) is 4.22. The lowest BCUT2D eigenvalue weighted by molar-refractivity contribution is 0.394. The van der Waals surface area contributed by atoms with Crippen LogP contribution >= 0.6 is 0 Å². The molecule has 0 atom stereocenters. The Morgan fingerprint density at radius 3 is 2.44 bits per heavy atom. The molecule has 0 aromatic rings. The maximum absolute atomic E-state index is 4.22. The van der Waals surface area contributed by atoms with E-state index in [4.69, 9.17) is 0 Å². The van der Waals surface area contributed by atoms with Gasteiger partial charge < -0.3 is 4.90 Å². The van der Waals surface area contributed by atoms with Crippen molar-refractivity contribution in [2.45, 2.75) is 13.3 Å². The summed E-state index contributed by atoms with van der Waals surface area (Å²) in [6, 6.07) is 0. The van der Waals surface area contributed by atoms with Crippen LogP contribution in [0.15, 0.2) is 0 Å². The van der Waals surface area contributed by atoms with Crippen LogP contribution in [0.25, 0.3) is 0 Å².